The van der Waals surface area contributed by atoms with Crippen LogP contribution >= 0.6 is 0 Å². The van der Waals surface area contributed by atoms with Gasteiger partial charge in [-0.25, -0.2) is 0 Å². The second-order valence-corrected chi connectivity index (χ2v) is 4.27. The van der Waals surface area contributed by atoms with Crippen molar-refractivity contribution in [2.75, 3.05) is 4.90 Å². The maximum atomic E-state index is 12.7. The zero-order valence-corrected chi connectivity index (χ0v) is 10.7. The van der Waals surface area contributed by atoms with Crippen LogP contribution in [-0.4, -0.2) is 16.1 Å². The van der Waals surface area contributed by atoms with Crippen LogP contribution in [-0.2, 0) is 0 Å². The first kappa shape index (κ1) is 12.2. The first-order chi connectivity index (χ1) is 9.86. The van der Waals surface area contributed by atoms with Crippen LogP contribution in [0.4, 0.5) is 11.5 Å². The van der Waals surface area contributed by atoms with Gasteiger partial charge in [0.05, 0.1) is 5.69 Å². The molecule has 1 aromatic heterocycles. The van der Waals surface area contributed by atoms with E-state index < -0.39 is 0 Å². The summed E-state index contributed by atoms with van der Waals surface area (Å²) < 4.78 is 0. The molecule has 0 fully saturated rings. The van der Waals surface area contributed by atoms with Crippen LogP contribution in [0.2, 0.25) is 0 Å². The van der Waals surface area contributed by atoms with Crippen molar-refractivity contribution in [1.29, 1.82) is 0 Å². The predicted molar refractivity (Wildman–Crippen MR) is 77.9 cm³/mol. The molecule has 1 amide bonds. The Morgan fingerprint density at radius 3 is 2.15 bits per heavy atom. The Labute approximate surface area is 116 Å². The molecular formula is C16H13N3O. The van der Waals surface area contributed by atoms with E-state index in [2.05, 4.69) is 10.2 Å². The average molecular weight is 263 g/mol. The number of para-hydroxylation sites is 1. The third-order valence-corrected chi connectivity index (χ3v) is 2.95. The highest BCUT2D eigenvalue weighted by Crippen LogP contribution is 2.25. The minimum Gasteiger partial charge on any atom is -0.284 e. The van der Waals surface area contributed by atoms with E-state index in [9.17, 15) is 4.79 Å². The van der Waals surface area contributed by atoms with Crippen molar-refractivity contribution < 1.29 is 4.79 Å². The number of H-pyrrole nitrogens is 1. The van der Waals surface area contributed by atoms with E-state index >= 15 is 0 Å². The number of benzene rings is 2. The highest BCUT2D eigenvalue weighted by Gasteiger charge is 2.20. The highest BCUT2D eigenvalue weighted by molar-refractivity contribution is 6.10. The molecule has 2 aromatic carbocycles. The molecule has 4 heteroatoms. The van der Waals surface area contributed by atoms with Gasteiger partial charge in [-0.05, 0) is 24.3 Å². The van der Waals surface area contributed by atoms with Crippen LogP contribution in [0.25, 0.3) is 0 Å². The predicted octanol–water partition coefficient (Wildman–Crippen LogP) is 3.39. The molecule has 0 aliphatic heterocycles. The number of aromatic nitrogens is 2. The van der Waals surface area contributed by atoms with E-state index in [0.29, 0.717) is 11.4 Å². The molecule has 0 saturated carbocycles. The molecule has 1 heterocycles. The Bertz CT molecular complexity index is 678. The molecule has 0 radical (unpaired) electrons. The van der Waals surface area contributed by atoms with Crippen LogP contribution in [0, 0.1) is 0 Å². The lowest BCUT2D eigenvalue weighted by molar-refractivity contribution is 0.0998. The summed E-state index contributed by atoms with van der Waals surface area (Å²) in [5.41, 5.74) is 1.41. The minimum absolute atomic E-state index is 0.107. The lowest BCUT2D eigenvalue weighted by atomic mass is 10.2. The number of carbonyl (C=O) groups excluding carboxylic acids is 1. The smallest absolute Gasteiger partial charge is 0.264 e. The number of hydrogen-bond donors (Lipinski definition) is 1. The Balaban J connectivity index is 2.05. The van der Waals surface area contributed by atoms with E-state index in [0.717, 1.165) is 5.69 Å². The van der Waals surface area contributed by atoms with Crippen LogP contribution in [0.15, 0.2) is 72.9 Å². The molecule has 0 saturated heterocycles. The fourth-order valence-electron chi connectivity index (χ4n) is 2.02. The molecule has 0 spiro atoms. The van der Waals surface area contributed by atoms with E-state index in [1.54, 1.807) is 29.3 Å². The topological polar surface area (TPSA) is 49.0 Å². The molecule has 1 N–H and O–H groups in total. The maximum absolute atomic E-state index is 12.7. The molecule has 0 aliphatic carbocycles. The Kier molecular flexibility index (Phi) is 3.29. The molecule has 98 valence electrons. The van der Waals surface area contributed by atoms with Gasteiger partial charge in [0.15, 0.2) is 5.82 Å². The largest absolute Gasteiger partial charge is 0.284 e. The van der Waals surface area contributed by atoms with Crippen molar-refractivity contribution in [3.63, 3.8) is 0 Å². The van der Waals surface area contributed by atoms with E-state index in [-0.39, 0.29) is 5.91 Å². The number of aromatic amines is 1. The van der Waals surface area contributed by atoms with Crippen molar-refractivity contribution >= 4 is 17.4 Å². The standard InChI is InChI=1S/C16H13N3O/c20-16(13-7-3-1-4-8-13)19(15-11-12-17-18-15)14-9-5-2-6-10-14/h1-12H,(H,17,18). The van der Waals surface area contributed by atoms with Crippen molar-refractivity contribution in [1.82, 2.24) is 10.2 Å². The van der Waals surface area contributed by atoms with Crippen LogP contribution < -0.4 is 4.90 Å². The summed E-state index contributed by atoms with van der Waals surface area (Å²) >= 11 is 0. The van der Waals surface area contributed by atoms with Gasteiger partial charge >= 0.3 is 0 Å². The fourth-order valence-corrected chi connectivity index (χ4v) is 2.02. The molecule has 20 heavy (non-hydrogen) atoms. The first-order valence-corrected chi connectivity index (χ1v) is 6.30. The summed E-state index contributed by atoms with van der Waals surface area (Å²) in [6, 6.07) is 20.4. The number of anilines is 2. The number of hydrogen-bond acceptors (Lipinski definition) is 2. The number of amides is 1. The Morgan fingerprint density at radius 2 is 1.55 bits per heavy atom. The molecular weight excluding hydrogens is 250 g/mol. The van der Waals surface area contributed by atoms with Crippen LogP contribution in [0.1, 0.15) is 10.4 Å². The van der Waals surface area contributed by atoms with Gasteiger partial charge in [0, 0.05) is 17.8 Å². The molecule has 0 unspecified atom stereocenters. The summed E-state index contributed by atoms with van der Waals surface area (Å²) in [5, 5.41) is 6.86. The van der Waals surface area contributed by atoms with Crippen molar-refractivity contribution in [3.8, 4) is 0 Å². The monoisotopic (exact) mass is 263 g/mol. The normalized spacial score (nSPS) is 10.2. The summed E-state index contributed by atoms with van der Waals surface area (Å²) in [7, 11) is 0. The van der Waals surface area contributed by atoms with E-state index in [4.69, 9.17) is 0 Å². The first-order valence-electron chi connectivity index (χ1n) is 6.30. The number of nitrogens with zero attached hydrogens (tertiary/aromatic N) is 2. The molecule has 0 bridgehead atoms. The van der Waals surface area contributed by atoms with Crippen LogP contribution in [0.3, 0.4) is 0 Å². The summed E-state index contributed by atoms with van der Waals surface area (Å²) in [6.45, 7) is 0. The number of rotatable bonds is 3. The zero-order valence-electron chi connectivity index (χ0n) is 10.7. The summed E-state index contributed by atoms with van der Waals surface area (Å²) in [5.74, 6) is 0.467. The lowest BCUT2D eigenvalue weighted by Crippen LogP contribution is -2.26. The van der Waals surface area contributed by atoms with Crippen LogP contribution in [0.5, 0.6) is 0 Å². The average Bonchev–Trinajstić information content (AvgIpc) is 3.03. The maximum Gasteiger partial charge on any atom is 0.264 e. The van der Waals surface area contributed by atoms with Gasteiger partial charge in [-0.3, -0.25) is 14.8 Å². The van der Waals surface area contributed by atoms with Gasteiger partial charge in [0.2, 0.25) is 0 Å². The number of carbonyl (C=O) groups is 1. The number of nitrogens with one attached hydrogen (secondary N) is 1. The second-order valence-electron chi connectivity index (χ2n) is 4.27. The minimum atomic E-state index is -0.107. The van der Waals surface area contributed by atoms with Gasteiger partial charge in [-0.2, -0.15) is 5.10 Å². The van der Waals surface area contributed by atoms with Crippen molar-refractivity contribution in [3.05, 3.63) is 78.5 Å². The zero-order chi connectivity index (χ0) is 13.8. The molecule has 3 aromatic rings. The van der Waals surface area contributed by atoms with Gasteiger partial charge in [-0.1, -0.05) is 36.4 Å². The molecule has 3 rings (SSSR count). The van der Waals surface area contributed by atoms with E-state index in [1.165, 1.54) is 0 Å². The molecule has 4 nitrogen and oxygen atoms in total. The highest BCUT2D eigenvalue weighted by atomic mass is 16.2. The second kappa shape index (κ2) is 5.40. The van der Waals surface area contributed by atoms with Gasteiger partial charge in [-0.15, -0.1) is 0 Å². The van der Waals surface area contributed by atoms with Crippen molar-refractivity contribution in [2.45, 2.75) is 0 Å². The van der Waals surface area contributed by atoms with Gasteiger partial charge in [0.25, 0.3) is 5.91 Å². The van der Waals surface area contributed by atoms with Crippen molar-refractivity contribution in [2.24, 2.45) is 0 Å². The third-order valence-electron chi connectivity index (χ3n) is 2.95. The lowest BCUT2D eigenvalue weighted by Gasteiger charge is -2.20. The van der Waals surface area contributed by atoms with Gasteiger partial charge < -0.3 is 0 Å². The van der Waals surface area contributed by atoms with Gasteiger partial charge in [0.1, 0.15) is 0 Å². The Hall–Kier alpha value is -2.88. The SMILES string of the molecule is O=C(c1ccccc1)N(c1ccccc1)c1cc[nH]n1. The van der Waals surface area contributed by atoms with E-state index in [1.807, 2.05) is 48.5 Å². The molecule has 0 atom stereocenters. The molecule has 0 aliphatic rings. The fraction of sp³-hybridized carbons (Fsp3) is 0. The quantitative estimate of drug-likeness (QED) is 0.787. The summed E-state index contributed by atoms with van der Waals surface area (Å²) in [6.07, 6.45) is 1.70. The Morgan fingerprint density at radius 1 is 0.900 bits per heavy atom. The third kappa shape index (κ3) is 2.31. The summed E-state index contributed by atoms with van der Waals surface area (Å²) in [4.78, 5) is 14.3.